The first kappa shape index (κ1) is 17.2. The predicted octanol–water partition coefficient (Wildman–Crippen LogP) is 5.55. The SMILES string of the molecule is C[C@H](NCc1nnc(-c2ccc(Cl)cc2)o1)c1ccc(Cl)cc1Cl. The van der Waals surface area contributed by atoms with Crippen LogP contribution in [0.5, 0.6) is 0 Å². The molecule has 0 saturated carbocycles. The molecule has 1 N–H and O–H groups in total. The number of nitrogens with one attached hydrogen (secondary N) is 1. The summed E-state index contributed by atoms with van der Waals surface area (Å²) in [5, 5.41) is 13.3. The highest BCUT2D eigenvalue weighted by molar-refractivity contribution is 6.35. The molecule has 0 radical (unpaired) electrons. The van der Waals surface area contributed by atoms with Crippen LogP contribution in [0.4, 0.5) is 0 Å². The summed E-state index contributed by atoms with van der Waals surface area (Å²) < 4.78 is 5.66. The molecule has 1 aromatic heterocycles. The predicted molar refractivity (Wildman–Crippen MR) is 96.5 cm³/mol. The number of hydrogen-bond acceptors (Lipinski definition) is 4. The van der Waals surface area contributed by atoms with E-state index in [2.05, 4.69) is 15.5 Å². The van der Waals surface area contributed by atoms with E-state index in [1.807, 2.05) is 31.2 Å². The van der Waals surface area contributed by atoms with Crippen LogP contribution in [0.15, 0.2) is 46.9 Å². The molecular formula is C17H14Cl3N3O. The molecule has 0 aliphatic carbocycles. The Morgan fingerprint density at radius 3 is 2.42 bits per heavy atom. The fraction of sp³-hybridized carbons (Fsp3) is 0.176. The molecule has 0 aliphatic rings. The van der Waals surface area contributed by atoms with Gasteiger partial charge in [0.1, 0.15) is 0 Å². The number of aromatic nitrogens is 2. The largest absolute Gasteiger partial charge is 0.419 e. The van der Waals surface area contributed by atoms with Gasteiger partial charge in [-0.05, 0) is 48.9 Å². The van der Waals surface area contributed by atoms with Crippen LogP contribution in [0.2, 0.25) is 15.1 Å². The summed E-state index contributed by atoms with van der Waals surface area (Å²) in [5.74, 6) is 0.956. The molecular weight excluding hydrogens is 369 g/mol. The lowest BCUT2D eigenvalue weighted by atomic mass is 10.1. The average molecular weight is 383 g/mol. The molecule has 0 amide bonds. The molecule has 0 bridgehead atoms. The van der Waals surface area contributed by atoms with Gasteiger partial charge in [0.05, 0.1) is 6.54 Å². The van der Waals surface area contributed by atoms with Gasteiger partial charge in [0.15, 0.2) is 0 Å². The number of benzene rings is 2. The summed E-state index contributed by atoms with van der Waals surface area (Å²) in [7, 11) is 0. The summed E-state index contributed by atoms with van der Waals surface area (Å²) in [6, 6.07) is 12.7. The van der Waals surface area contributed by atoms with Gasteiger partial charge in [-0.1, -0.05) is 40.9 Å². The quantitative estimate of drug-likeness (QED) is 0.628. The number of hydrogen-bond donors (Lipinski definition) is 1. The van der Waals surface area contributed by atoms with Gasteiger partial charge in [-0.15, -0.1) is 10.2 Å². The highest BCUT2D eigenvalue weighted by Crippen LogP contribution is 2.26. The van der Waals surface area contributed by atoms with Crippen molar-refractivity contribution in [3.8, 4) is 11.5 Å². The normalized spacial score (nSPS) is 12.3. The maximum absolute atomic E-state index is 6.22. The Morgan fingerprint density at radius 2 is 1.71 bits per heavy atom. The Kier molecular flexibility index (Phi) is 5.41. The molecule has 0 unspecified atom stereocenters. The first-order chi connectivity index (χ1) is 11.5. The molecule has 3 rings (SSSR count). The third kappa shape index (κ3) is 4.08. The Morgan fingerprint density at radius 1 is 1.00 bits per heavy atom. The van der Waals surface area contributed by atoms with Crippen molar-refractivity contribution in [1.29, 1.82) is 0 Å². The van der Waals surface area contributed by atoms with Crippen LogP contribution in [0, 0.1) is 0 Å². The van der Waals surface area contributed by atoms with Gasteiger partial charge in [0, 0.05) is 26.7 Å². The van der Waals surface area contributed by atoms with Crippen molar-refractivity contribution < 1.29 is 4.42 Å². The van der Waals surface area contributed by atoms with Crippen LogP contribution in [0.25, 0.3) is 11.5 Å². The molecule has 0 saturated heterocycles. The lowest BCUT2D eigenvalue weighted by Gasteiger charge is -2.14. The van der Waals surface area contributed by atoms with Crippen molar-refractivity contribution in [3.05, 3.63) is 69.0 Å². The highest BCUT2D eigenvalue weighted by Gasteiger charge is 2.13. The maximum Gasteiger partial charge on any atom is 0.247 e. The van der Waals surface area contributed by atoms with E-state index in [1.54, 1.807) is 18.2 Å². The Hall–Kier alpha value is -1.59. The summed E-state index contributed by atoms with van der Waals surface area (Å²) in [5.41, 5.74) is 1.78. The molecule has 4 nitrogen and oxygen atoms in total. The summed E-state index contributed by atoms with van der Waals surface area (Å²) in [6.45, 7) is 2.44. The van der Waals surface area contributed by atoms with Gasteiger partial charge in [0.2, 0.25) is 11.8 Å². The Bertz CT molecular complexity index is 833. The van der Waals surface area contributed by atoms with Crippen LogP contribution >= 0.6 is 34.8 Å². The molecule has 2 aromatic carbocycles. The van der Waals surface area contributed by atoms with E-state index in [0.717, 1.165) is 11.1 Å². The molecule has 1 heterocycles. The minimum Gasteiger partial charge on any atom is -0.419 e. The van der Waals surface area contributed by atoms with Crippen molar-refractivity contribution in [1.82, 2.24) is 15.5 Å². The lowest BCUT2D eigenvalue weighted by molar-refractivity contribution is 0.454. The smallest absolute Gasteiger partial charge is 0.247 e. The van der Waals surface area contributed by atoms with Gasteiger partial charge >= 0.3 is 0 Å². The van der Waals surface area contributed by atoms with E-state index in [-0.39, 0.29) is 6.04 Å². The Labute approximate surface area is 154 Å². The van der Waals surface area contributed by atoms with E-state index in [0.29, 0.717) is 33.4 Å². The molecule has 1 atom stereocenters. The minimum atomic E-state index is 0.0145. The van der Waals surface area contributed by atoms with E-state index in [4.69, 9.17) is 39.2 Å². The fourth-order valence-corrected chi connectivity index (χ4v) is 2.94. The zero-order chi connectivity index (χ0) is 17.1. The third-order valence-corrected chi connectivity index (χ3v) is 4.36. The van der Waals surface area contributed by atoms with Gasteiger partial charge in [0.25, 0.3) is 0 Å². The van der Waals surface area contributed by atoms with Gasteiger partial charge < -0.3 is 9.73 Å². The zero-order valence-electron chi connectivity index (χ0n) is 12.8. The topological polar surface area (TPSA) is 51.0 Å². The van der Waals surface area contributed by atoms with Crippen molar-refractivity contribution in [2.75, 3.05) is 0 Å². The lowest BCUT2D eigenvalue weighted by Crippen LogP contribution is -2.18. The van der Waals surface area contributed by atoms with E-state index < -0.39 is 0 Å². The minimum absolute atomic E-state index is 0.0145. The summed E-state index contributed by atoms with van der Waals surface area (Å²) >= 11 is 18.0. The highest BCUT2D eigenvalue weighted by atomic mass is 35.5. The second-order valence-electron chi connectivity index (χ2n) is 5.28. The van der Waals surface area contributed by atoms with Gasteiger partial charge in [-0.25, -0.2) is 0 Å². The van der Waals surface area contributed by atoms with Crippen molar-refractivity contribution in [3.63, 3.8) is 0 Å². The molecule has 124 valence electrons. The maximum atomic E-state index is 6.22. The molecule has 0 aliphatic heterocycles. The van der Waals surface area contributed by atoms with E-state index in [9.17, 15) is 0 Å². The summed E-state index contributed by atoms with van der Waals surface area (Å²) in [4.78, 5) is 0. The monoisotopic (exact) mass is 381 g/mol. The molecule has 7 heteroatoms. The van der Waals surface area contributed by atoms with Gasteiger partial charge in [-0.3, -0.25) is 0 Å². The third-order valence-electron chi connectivity index (χ3n) is 3.55. The second kappa shape index (κ2) is 7.53. The number of halogens is 3. The van der Waals surface area contributed by atoms with Crippen LogP contribution in [0.3, 0.4) is 0 Å². The first-order valence-electron chi connectivity index (χ1n) is 7.29. The summed E-state index contributed by atoms with van der Waals surface area (Å²) in [6.07, 6.45) is 0. The van der Waals surface area contributed by atoms with Crippen LogP contribution in [-0.2, 0) is 6.54 Å². The van der Waals surface area contributed by atoms with Crippen molar-refractivity contribution in [2.45, 2.75) is 19.5 Å². The number of rotatable bonds is 5. The van der Waals surface area contributed by atoms with E-state index in [1.165, 1.54) is 0 Å². The fourth-order valence-electron chi connectivity index (χ4n) is 2.24. The van der Waals surface area contributed by atoms with Crippen molar-refractivity contribution in [2.24, 2.45) is 0 Å². The molecule has 0 fully saturated rings. The average Bonchev–Trinajstić information content (AvgIpc) is 3.02. The van der Waals surface area contributed by atoms with Crippen LogP contribution < -0.4 is 5.32 Å². The molecule has 24 heavy (non-hydrogen) atoms. The number of nitrogens with zero attached hydrogens (tertiary/aromatic N) is 2. The molecule has 0 spiro atoms. The Balaban J connectivity index is 1.65. The second-order valence-corrected chi connectivity index (χ2v) is 6.56. The van der Waals surface area contributed by atoms with E-state index >= 15 is 0 Å². The van der Waals surface area contributed by atoms with Crippen LogP contribution in [0.1, 0.15) is 24.4 Å². The van der Waals surface area contributed by atoms with Crippen LogP contribution in [-0.4, -0.2) is 10.2 Å². The standard InChI is InChI=1S/C17H14Cl3N3O/c1-10(14-7-6-13(19)8-15(14)20)21-9-16-22-23-17(24-16)11-2-4-12(18)5-3-11/h2-8,10,21H,9H2,1H3/t10-/m0/s1. The molecule has 3 aromatic rings. The van der Waals surface area contributed by atoms with Crippen molar-refractivity contribution >= 4 is 34.8 Å². The van der Waals surface area contributed by atoms with Gasteiger partial charge in [-0.2, -0.15) is 0 Å². The first-order valence-corrected chi connectivity index (χ1v) is 8.43. The zero-order valence-corrected chi connectivity index (χ0v) is 15.0.